The van der Waals surface area contributed by atoms with Gasteiger partial charge in [0.15, 0.2) is 6.29 Å². The Morgan fingerprint density at radius 3 is 2.62 bits per heavy atom. The summed E-state index contributed by atoms with van der Waals surface area (Å²) in [7, 11) is 3.17. The van der Waals surface area contributed by atoms with Crippen LogP contribution in [0.1, 0.15) is 5.56 Å². The molecule has 0 bridgehead atoms. The Hall–Kier alpha value is -1.09. The molecule has 0 atom stereocenters. The number of hydrogen-bond donors (Lipinski definition) is 1. The molecule has 1 N–H and O–H groups in total. The minimum atomic E-state index is -0.289. The van der Waals surface area contributed by atoms with Crippen molar-refractivity contribution >= 4 is 21.6 Å². The fourth-order valence-corrected chi connectivity index (χ4v) is 1.70. The molecule has 4 nitrogen and oxygen atoms in total. The predicted molar refractivity (Wildman–Crippen MR) is 65.2 cm³/mol. The summed E-state index contributed by atoms with van der Waals surface area (Å²) in [5.74, 6) is 0. The van der Waals surface area contributed by atoms with Crippen molar-refractivity contribution in [3.05, 3.63) is 28.2 Å². The zero-order valence-electron chi connectivity index (χ0n) is 9.16. The van der Waals surface area contributed by atoms with Gasteiger partial charge in [0.05, 0.1) is 18.2 Å². The number of halogens is 1. The molecule has 86 valence electrons. The van der Waals surface area contributed by atoms with Crippen LogP contribution in [0.2, 0.25) is 0 Å². The van der Waals surface area contributed by atoms with Gasteiger partial charge in [-0.2, -0.15) is 5.26 Å². The third kappa shape index (κ3) is 3.49. The quantitative estimate of drug-likeness (QED) is 0.844. The van der Waals surface area contributed by atoms with Gasteiger partial charge >= 0.3 is 0 Å². The van der Waals surface area contributed by atoms with Crippen LogP contribution in [0.4, 0.5) is 5.69 Å². The lowest BCUT2D eigenvalue weighted by molar-refractivity contribution is -0.0914. The highest BCUT2D eigenvalue weighted by Gasteiger charge is 2.06. The minimum absolute atomic E-state index is 0.289. The molecule has 0 aliphatic heterocycles. The van der Waals surface area contributed by atoms with Crippen LogP contribution >= 0.6 is 15.9 Å². The van der Waals surface area contributed by atoms with E-state index in [9.17, 15) is 0 Å². The van der Waals surface area contributed by atoms with Crippen LogP contribution in [0.3, 0.4) is 0 Å². The Morgan fingerprint density at radius 1 is 1.44 bits per heavy atom. The van der Waals surface area contributed by atoms with E-state index < -0.39 is 0 Å². The van der Waals surface area contributed by atoms with Gasteiger partial charge in [0, 0.05) is 24.4 Å². The molecule has 1 aromatic rings. The van der Waals surface area contributed by atoms with E-state index in [1.807, 2.05) is 6.07 Å². The smallest absolute Gasteiger partial charge is 0.173 e. The number of nitriles is 1. The Kier molecular flexibility index (Phi) is 5.26. The van der Waals surface area contributed by atoms with Crippen molar-refractivity contribution in [2.75, 3.05) is 26.1 Å². The van der Waals surface area contributed by atoms with Crippen molar-refractivity contribution in [3.8, 4) is 6.07 Å². The summed E-state index contributed by atoms with van der Waals surface area (Å²) in [6.07, 6.45) is -0.289. The van der Waals surface area contributed by atoms with Crippen LogP contribution in [0.5, 0.6) is 0 Å². The van der Waals surface area contributed by atoms with Gasteiger partial charge in [0.1, 0.15) is 0 Å². The number of nitrogens with one attached hydrogen (secondary N) is 1. The summed E-state index contributed by atoms with van der Waals surface area (Å²) in [5.41, 5.74) is 1.52. The molecule has 0 spiro atoms. The molecule has 0 aromatic heterocycles. The highest BCUT2D eigenvalue weighted by atomic mass is 79.9. The van der Waals surface area contributed by atoms with Crippen LogP contribution in [0, 0.1) is 11.3 Å². The van der Waals surface area contributed by atoms with Crippen molar-refractivity contribution < 1.29 is 9.47 Å². The second kappa shape index (κ2) is 6.48. The van der Waals surface area contributed by atoms with Gasteiger partial charge in [-0.05, 0) is 34.1 Å². The number of rotatable bonds is 5. The number of nitrogens with zero attached hydrogens (tertiary/aromatic N) is 1. The van der Waals surface area contributed by atoms with Crippen LogP contribution in [-0.2, 0) is 9.47 Å². The zero-order chi connectivity index (χ0) is 12.0. The first-order valence-electron chi connectivity index (χ1n) is 4.70. The average Bonchev–Trinajstić information content (AvgIpc) is 2.32. The lowest BCUT2D eigenvalue weighted by atomic mass is 10.2. The Labute approximate surface area is 103 Å². The molecule has 0 unspecified atom stereocenters. The van der Waals surface area contributed by atoms with Gasteiger partial charge in [-0.1, -0.05) is 0 Å². The molecular formula is C11H13BrN2O2. The molecule has 1 aromatic carbocycles. The highest BCUT2D eigenvalue weighted by molar-refractivity contribution is 9.10. The van der Waals surface area contributed by atoms with Crippen molar-refractivity contribution in [3.63, 3.8) is 0 Å². The topological polar surface area (TPSA) is 54.3 Å². The van der Waals surface area contributed by atoms with E-state index in [0.29, 0.717) is 12.1 Å². The Morgan fingerprint density at radius 2 is 2.12 bits per heavy atom. The predicted octanol–water partition coefficient (Wildman–Crippen LogP) is 2.35. The van der Waals surface area contributed by atoms with Gasteiger partial charge in [-0.25, -0.2) is 0 Å². The van der Waals surface area contributed by atoms with Crippen molar-refractivity contribution in [2.45, 2.75) is 6.29 Å². The Bertz CT molecular complexity index is 386. The SMILES string of the molecule is COC(CNc1ccc(C#N)cc1Br)OC. The first kappa shape index (κ1) is 13.0. The number of methoxy groups -OCH3 is 2. The van der Waals surface area contributed by atoms with E-state index in [4.69, 9.17) is 14.7 Å². The van der Waals surface area contributed by atoms with Gasteiger partial charge in [0.2, 0.25) is 0 Å². The van der Waals surface area contributed by atoms with E-state index in [0.717, 1.165) is 10.2 Å². The number of benzene rings is 1. The summed E-state index contributed by atoms with van der Waals surface area (Å²) in [4.78, 5) is 0. The third-order valence-electron chi connectivity index (χ3n) is 2.08. The fraction of sp³-hybridized carbons (Fsp3) is 0.364. The molecule has 1 rings (SSSR count). The molecule has 0 aliphatic carbocycles. The van der Waals surface area contributed by atoms with E-state index in [2.05, 4.69) is 27.3 Å². The maximum Gasteiger partial charge on any atom is 0.173 e. The molecule has 0 saturated heterocycles. The highest BCUT2D eigenvalue weighted by Crippen LogP contribution is 2.23. The Balaban J connectivity index is 2.65. The molecule has 0 saturated carbocycles. The fourth-order valence-electron chi connectivity index (χ4n) is 1.18. The molecule has 0 radical (unpaired) electrons. The maximum absolute atomic E-state index is 8.72. The zero-order valence-corrected chi connectivity index (χ0v) is 10.7. The number of hydrogen-bond acceptors (Lipinski definition) is 4. The first-order chi connectivity index (χ1) is 7.71. The van der Waals surface area contributed by atoms with Crippen LogP contribution in [0.15, 0.2) is 22.7 Å². The van der Waals surface area contributed by atoms with E-state index in [-0.39, 0.29) is 6.29 Å². The van der Waals surface area contributed by atoms with Crippen molar-refractivity contribution in [1.29, 1.82) is 5.26 Å². The normalized spacial score (nSPS) is 10.2. The monoisotopic (exact) mass is 284 g/mol. The summed E-state index contributed by atoms with van der Waals surface area (Å²) < 4.78 is 11.0. The molecule has 5 heteroatoms. The van der Waals surface area contributed by atoms with E-state index in [1.165, 1.54) is 0 Å². The maximum atomic E-state index is 8.72. The van der Waals surface area contributed by atoms with E-state index in [1.54, 1.807) is 26.4 Å². The average molecular weight is 285 g/mol. The first-order valence-corrected chi connectivity index (χ1v) is 5.49. The minimum Gasteiger partial charge on any atom is -0.379 e. The summed E-state index contributed by atoms with van der Waals surface area (Å²) in [5, 5.41) is 11.9. The van der Waals surface area contributed by atoms with Gasteiger partial charge < -0.3 is 14.8 Å². The molecule has 0 amide bonds. The molecule has 16 heavy (non-hydrogen) atoms. The lowest BCUT2D eigenvalue weighted by Gasteiger charge is -2.15. The third-order valence-corrected chi connectivity index (χ3v) is 2.74. The summed E-state index contributed by atoms with van der Waals surface area (Å²) in [6, 6.07) is 7.43. The molecule has 0 aliphatic rings. The van der Waals surface area contributed by atoms with Gasteiger partial charge in [0.25, 0.3) is 0 Å². The number of anilines is 1. The van der Waals surface area contributed by atoms with E-state index >= 15 is 0 Å². The standard InChI is InChI=1S/C11H13BrN2O2/c1-15-11(16-2)7-14-10-4-3-8(6-13)5-9(10)12/h3-5,11,14H,7H2,1-2H3. The van der Waals surface area contributed by atoms with Gasteiger partial charge in [-0.3, -0.25) is 0 Å². The van der Waals surface area contributed by atoms with Crippen molar-refractivity contribution in [2.24, 2.45) is 0 Å². The summed E-state index contributed by atoms with van der Waals surface area (Å²) in [6.45, 7) is 0.539. The van der Waals surface area contributed by atoms with Crippen molar-refractivity contribution in [1.82, 2.24) is 0 Å². The summed E-state index contributed by atoms with van der Waals surface area (Å²) >= 11 is 3.39. The molecular weight excluding hydrogens is 272 g/mol. The van der Waals surface area contributed by atoms with Crippen LogP contribution in [0.25, 0.3) is 0 Å². The molecule has 0 fully saturated rings. The van der Waals surface area contributed by atoms with Crippen LogP contribution in [-0.4, -0.2) is 27.1 Å². The molecule has 0 heterocycles. The second-order valence-corrected chi connectivity index (χ2v) is 3.94. The van der Waals surface area contributed by atoms with Gasteiger partial charge in [-0.15, -0.1) is 0 Å². The lowest BCUT2D eigenvalue weighted by Crippen LogP contribution is -2.23. The van der Waals surface area contributed by atoms with Crippen LogP contribution < -0.4 is 5.32 Å². The second-order valence-electron chi connectivity index (χ2n) is 3.09. The largest absolute Gasteiger partial charge is 0.379 e. The number of ether oxygens (including phenoxy) is 2.